The molecule has 0 aromatic carbocycles. The first-order valence-corrected chi connectivity index (χ1v) is 11.1. The second-order valence-corrected chi connectivity index (χ2v) is 9.67. The molecule has 28 heavy (non-hydrogen) atoms. The van der Waals surface area contributed by atoms with Crippen LogP contribution in [0.15, 0.2) is 12.4 Å². The molecule has 3 aliphatic heterocycles. The summed E-state index contributed by atoms with van der Waals surface area (Å²) in [4.78, 5) is 11.8. The average molecular weight is 386 g/mol. The lowest BCUT2D eigenvalue weighted by Crippen LogP contribution is -2.46. The fraction of sp³-hybridized carbons (Fsp3) is 0.810. The molecule has 2 bridgehead atoms. The van der Waals surface area contributed by atoms with Crippen LogP contribution in [0.1, 0.15) is 63.6 Å². The summed E-state index contributed by atoms with van der Waals surface area (Å²) in [5.41, 5.74) is 8.34. The number of hydrazine groups is 1. The molecule has 1 aromatic rings. The number of anilines is 1. The zero-order chi connectivity index (χ0) is 18.7. The van der Waals surface area contributed by atoms with Crippen LogP contribution in [-0.4, -0.2) is 53.0 Å². The SMILES string of the molecule is CC1(OC2CCC3NNC(c4cc(N5C6CCC5COC6)ncn4)C3C2)CC1. The van der Waals surface area contributed by atoms with E-state index < -0.39 is 0 Å². The lowest BCUT2D eigenvalue weighted by molar-refractivity contribution is -0.0500. The Hall–Kier alpha value is -1.28. The van der Waals surface area contributed by atoms with Crippen molar-refractivity contribution in [3.05, 3.63) is 18.1 Å². The maximum atomic E-state index is 6.43. The van der Waals surface area contributed by atoms with E-state index in [1.54, 1.807) is 6.33 Å². The van der Waals surface area contributed by atoms with E-state index in [4.69, 9.17) is 9.47 Å². The lowest BCUT2D eigenvalue weighted by Gasteiger charge is -2.36. The van der Waals surface area contributed by atoms with Gasteiger partial charge in [-0.2, -0.15) is 0 Å². The van der Waals surface area contributed by atoms with Gasteiger partial charge in [0.25, 0.3) is 0 Å². The van der Waals surface area contributed by atoms with Gasteiger partial charge in [-0.05, 0) is 51.9 Å². The Labute approximate surface area is 166 Å². The number of fused-ring (bicyclic) bond motifs is 3. The summed E-state index contributed by atoms with van der Waals surface area (Å²) in [6.45, 7) is 3.90. The predicted octanol–water partition coefficient (Wildman–Crippen LogP) is 2.10. The summed E-state index contributed by atoms with van der Waals surface area (Å²) in [7, 11) is 0. The topological polar surface area (TPSA) is 71.5 Å². The fourth-order valence-electron chi connectivity index (χ4n) is 5.79. The molecule has 6 unspecified atom stereocenters. The van der Waals surface area contributed by atoms with Crippen LogP contribution < -0.4 is 15.8 Å². The first-order valence-electron chi connectivity index (χ1n) is 11.1. The van der Waals surface area contributed by atoms with Crippen molar-refractivity contribution in [2.45, 2.75) is 87.7 Å². The van der Waals surface area contributed by atoms with Gasteiger partial charge in [0.15, 0.2) is 0 Å². The molecule has 2 N–H and O–H groups in total. The Morgan fingerprint density at radius 2 is 1.93 bits per heavy atom. The third-order valence-electron chi connectivity index (χ3n) is 7.61. The highest BCUT2D eigenvalue weighted by Crippen LogP contribution is 2.45. The van der Waals surface area contributed by atoms with E-state index >= 15 is 0 Å². The van der Waals surface area contributed by atoms with Crippen LogP contribution in [-0.2, 0) is 9.47 Å². The minimum absolute atomic E-state index is 0.157. The van der Waals surface area contributed by atoms with E-state index in [2.05, 4.69) is 38.7 Å². The van der Waals surface area contributed by atoms with E-state index in [0.717, 1.165) is 37.6 Å². The largest absolute Gasteiger partial charge is 0.377 e. The van der Waals surface area contributed by atoms with Gasteiger partial charge < -0.3 is 14.4 Å². The van der Waals surface area contributed by atoms with Gasteiger partial charge in [-0.15, -0.1) is 0 Å². The number of nitrogens with one attached hydrogen (secondary N) is 2. The highest BCUT2D eigenvalue weighted by atomic mass is 16.5. The van der Waals surface area contributed by atoms with Gasteiger partial charge in [-0.1, -0.05) is 0 Å². The second kappa shape index (κ2) is 6.62. The van der Waals surface area contributed by atoms with Gasteiger partial charge in [0, 0.05) is 18.0 Å². The van der Waals surface area contributed by atoms with Crippen LogP contribution in [0.4, 0.5) is 5.82 Å². The number of nitrogens with zero attached hydrogens (tertiary/aromatic N) is 3. The Morgan fingerprint density at radius 3 is 2.71 bits per heavy atom. The maximum absolute atomic E-state index is 6.43. The monoisotopic (exact) mass is 385 g/mol. The summed E-state index contributed by atoms with van der Waals surface area (Å²) in [6, 6.07) is 3.88. The summed E-state index contributed by atoms with van der Waals surface area (Å²) in [5.74, 6) is 1.59. The van der Waals surface area contributed by atoms with Crippen molar-refractivity contribution in [3.63, 3.8) is 0 Å². The van der Waals surface area contributed by atoms with Crippen molar-refractivity contribution in [2.24, 2.45) is 5.92 Å². The van der Waals surface area contributed by atoms with Gasteiger partial charge in [0.2, 0.25) is 0 Å². The molecule has 6 atom stereocenters. The van der Waals surface area contributed by atoms with Gasteiger partial charge in [-0.25, -0.2) is 15.4 Å². The van der Waals surface area contributed by atoms with Crippen molar-refractivity contribution >= 4 is 5.82 Å². The molecule has 1 aromatic heterocycles. The van der Waals surface area contributed by atoms with Crippen molar-refractivity contribution in [3.8, 4) is 0 Å². The number of hydrogen-bond donors (Lipinski definition) is 2. The summed E-state index contributed by atoms with van der Waals surface area (Å²) in [5, 5.41) is 0. The molecule has 5 fully saturated rings. The fourth-order valence-corrected chi connectivity index (χ4v) is 5.79. The Kier molecular flexibility index (Phi) is 4.15. The molecule has 7 nitrogen and oxygen atoms in total. The average Bonchev–Trinajstić information content (AvgIpc) is 3.18. The van der Waals surface area contributed by atoms with E-state index in [-0.39, 0.29) is 11.6 Å². The maximum Gasteiger partial charge on any atom is 0.132 e. The highest BCUT2D eigenvalue weighted by molar-refractivity contribution is 5.45. The Balaban J connectivity index is 1.22. The Bertz CT molecular complexity index is 725. The van der Waals surface area contributed by atoms with E-state index in [9.17, 15) is 0 Å². The first kappa shape index (κ1) is 17.6. The molecule has 7 heteroatoms. The molecule has 0 radical (unpaired) electrons. The lowest BCUT2D eigenvalue weighted by atomic mass is 9.79. The first-order chi connectivity index (χ1) is 13.7. The molecule has 0 spiro atoms. The van der Waals surface area contributed by atoms with Gasteiger partial charge in [-0.3, -0.25) is 5.43 Å². The zero-order valence-electron chi connectivity index (χ0n) is 16.6. The smallest absolute Gasteiger partial charge is 0.132 e. The molecular formula is C21H31N5O2. The number of ether oxygens (including phenoxy) is 2. The quantitative estimate of drug-likeness (QED) is 0.822. The van der Waals surface area contributed by atoms with E-state index in [0.29, 0.717) is 30.1 Å². The van der Waals surface area contributed by atoms with Crippen molar-refractivity contribution < 1.29 is 9.47 Å². The normalized spacial score (nSPS) is 41.1. The summed E-state index contributed by atoms with van der Waals surface area (Å²) in [6.07, 6.45) is 10.4. The number of morpholine rings is 1. The third kappa shape index (κ3) is 3.03. The third-order valence-corrected chi connectivity index (χ3v) is 7.61. The van der Waals surface area contributed by atoms with Gasteiger partial charge in [0.1, 0.15) is 12.1 Å². The van der Waals surface area contributed by atoms with E-state index in [1.807, 2.05) is 0 Å². The Morgan fingerprint density at radius 1 is 1.11 bits per heavy atom. The minimum Gasteiger partial charge on any atom is -0.377 e. The standard InChI is InChI=1S/C21H31N5O2/c1-21(6-7-21)28-15-4-5-17-16(8-15)20(25-24-17)18-9-19(23-12-22-18)26-13-2-3-14(26)11-27-10-13/h9,12-17,20,24-25H,2-8,10-11H2,1H3. The predicted molar refractivity (Wildman–Crippen MR) is 105 cm³/mol. The number of hydrogen-bond acceptors (Lipinski definition) is 7. The zero-order valence-corrected chi connectivity index (χ0v) is 16.6. The van der Waals surface area contributed by atoms with Gasteiger partial charge in [0.05, 0.1) is 48.7 Å². The molecule has 5 aliphatic rings. The summed E-state index contributed by atoms with van der Waals surface area (Å²) < 4.78 is 12.2. The molecule has 152 valence electrons. The van der Waals surface area contributed by atoms with E-state index in [1.165, 1.54) is 32.1 Å². The van der Waals surface area contributed by atoms with Crippen molar-refractivity contribution in [1.82, 2.24) is 20.8 Å². The van der Waals surface area contributed by atoms with Crippen LogP contribution in [0.5, 0.6) is 0 Å². The van der Waals surface area contributed by atoms with Crippen LogP contribution >= 0.6 is 0 Å². The number of rotatable bonds is 4. The molecule has 4 heterocycles. The molecule has 0 amide bonds. The molecule has 2 aliphatic carbocycles. The van der Waals surface area contributed by atoms with Crippen LogP contribution in [0.3, 0.4) is 0 Å². The molecular weight excluding hydrogens is 354 g/mol. The molecule has 3 saturated heterocycles. The van der Waals surface area contributed by atoms with Crippen LogP contribution in [0.2, 0.25) is 0 Å². The minimum atomic E-state index is 0.157. The molecule has 6 rings (SSSR count). The van der Waals surface area contributed by atoms with Crippen molar-refractivity contribution in [2.75, 3.05) is 18.1 Å². The van der Waals surface area contributed by atoms with Crippen LogP contribution in [0, 0.1) is 5.92 Å². The summed E-state index contributed by atoms with van der Waals surface area (Å²) >= 11 is 0. The highest BCUT2D eigenvalue weighted by Gasteiger charge is 2.46. The second-order valence-electron chi connectivity index (χ2n) is 9.67. The van der Waals surface area contributed by atoms with Gasteiger partial charge >= 0.3 is 0 Å². The van der Waals surface area contributed by atoms with Crippen molar-refractivity contribution in [1.29, 1.82) is 0 Å². The number of aromatic nitrogens is 2. The molecule has 2 saturated carbocycles. The van der Waals surface area contributed by atoms with Crippen LogP contribution in [0.25, 0.3) is 0 Å².